The molecule has 2 rings (SSSR count). The van der Waals surface area contributed by atoms with Gasteiger partial charge in [0.1, 0.15) is 0 Å². The fourth-order valence-corrected chi connectivity index (χ4v) is 2.11. The summed E-state index contributed by atoms with van der Waals surface area (Å²) in [7, 11) is 0. The Morgan fingerprint density at radius 2 is 2.05 bits per heavy atom. The lowest BCUT2D eigenvalue weighted by Crippen LogP contribution is -2.44. The van der Waals surface area contributed by atoms with Crippen molar-refractivity contribution >= 4 is 16.8 Å². The summed E-state index contributed by atoms with van der Waals surface area (Å²) < 4.78 is 0. The van der Waals surface area contributed by atoms with E-state index in [9.17, 15) is 4.79 Å². The van der Waals surface area contributed by atoms with Crippen LogP contribution in [0.1, 0.15) is 19.4 Å². The van der Waals surface area contributed by atoms with E-state index in [0.717, 1.165) is 22.9 Å². The Hall–Kier alpha value is -1.94. The van der Waals surface area contributed by atoms with E-state index in [4.69, 9.17) is 5.73 Å². The molecular weight excluding hydrogens is 250 g/mol. The third-order valence-corrected chi connectivity index (χ3v) is 3.43. The molecule has 1 heterocycles. The molecule has 0 saturated heterocycles. The average Bonchev–Trinajstić information content (AvgIpc) is 2.46. The molecule has 1 aromatic heterocycles. The van der Waals surface area contributed by atoms with E-state index < -0.39 is 6.04 Å². The lowest BCUT2D eigenvalue weighted by atomic mass is 10.0. The number of hydrogen-bond donors (Lipinski definition) is 2. The predicted octanol–water partition coefficient (Wildman–Crippen LogP) is 1.88. The lowest BCUT2D eigenvalue weighted by Gasteiger charge is -2.15. The van der Waals surface area contributed by atoms with Gasteiger partial charge in [-0.3, -0.25) is 9.78 Å². The molecule has 4 nitrogen and oxygen atoms in total. The standard InChI is InChI=1S/C16H21N3O/c1-11(2)14(17)16(20)19-10-8-13-6-3-5-12-7-4-9-18-15(12)13/h3-7,9,11,14H,8,10,17H2,1-2H3,(H,19,20). The summed E-state index contributed by atoms with van der Waals surface area (Å²) >= 11 is 0. The number of nitrogens with one attached hydrogen (secondary N) is 1. The summed E-state index contributed by atoms with van der Waals surface area (Å²) in [5, 5.41) is 4.01. The zero-order chi connectivity index (χ0) is 14.5. The largest absolute Gasteiger partial charge is 0.354 e. The predicted molar refractivity (Wildman–Crippen MR) is 81.3 cm³/mol. The van der Waals surface area contributed by atoms with E-state index in [1.165, 1.54) is 0 Å². The molecule has 106 valence electrons. The third-order valence-electron chi connectivity index (χ3n) is 3.43. The first kappa shape index (κ1) is 14.5. The van der Waals surface area contributed by atoms with Crippen LogP contribution in [0, 0.1) is 5.92 Å². The zero-order valence-corrected chi connectivity index (χ0v) is 12.0. The fraction of sp³-hybridized carbons (Fsp3) is 0.375. The highest BCUT2D eigenvalue weighted by molar-refractivity contribution is 5.82. The number of amides is 1. The van der Waals surface area contributed by atoms with Crippen molar-refractivity contribution in [3.05, 3.63) is 42.1 Å². The van der Waals surface area contributed by atoms with Gasteiger partial charge in [0.15, 0.2) is 0 Å². The highest BCUT2D eigenvalue weighted by atomic mass is 16.2. The Morgan fingerprint density at radius 3 is 2.80 bits per heavy atom. The van der Waals surface area contributed by atoms with E-state index in [-0.39, 0.29) is 11.8 Å². The van der Waals surface area contributed by atoms with Crippen LogP contribution in [0.15, 0.2) is 36.5 Å². The molecule has 1 amide bonds. The van der Waals surface area contributed by atoms with Gasteiger partial charge in [0.25, 0.3) is 0 Å². The van der Waals surface area contributed by atoms with Gasteiger partial charge in [0.2, 0.25) is 5.91 Å². The first-order valence-corrected chi connectivity index (χ1v) is 6.95. The number of nitrogens with zero attached hydrogens (tertiary/aromatic N) is 1. The highest BCUT2D eigenvalue weighted by Crippen LogP contribution is 2.15. The maximum absolute atomic E-state index is 11.8. The third kappa shape index (κ3) is 3.33. The van der Waals surface area contributed by atoms with E-state index in [2.05, 4.69) is 10.3 Å². The van der Waals surface area contributed by atoms with Crippen LogP contribution in [0.4, 0.5) is 0 Å². The molecule has 1 atom stereocenters. The average molecular weight is 271 g/mol. The summed E-state index contributed by atoms with van der Waals surface area (Å²) in [6.45, 7) is 4.46. The zero-order valence-electron chi connectivity index (χ0n) is 12.0. The Bertz CT molecular complexity index is 590. The number of hydrogen-bond acceptors (Lipinski definition) is 3. The van der Waals surface area contributed by atoms with Crippen molar-refractivity contribution in [2.75, 3.05) is 6.54 Å². The molecule has 0 aliphatic carbocycles. The highest BCUT2D eigenvalue weighted by Gasteiger charge is 2.16. The van der Waals surface area contributed by atoms with E-state index >= 15 is 0 Å². The molecule has 4 heteroatoms. The molecular formula is C16H21N3O. The smallest absolute Gasteiger partial charge is 0.237 e. The number of pyridine rings is 1. The second-order valence-electron chi connectivity index (χ2n) is 5.30. The van der Waals surface area contributed by atoms with Crippen molar-refractivity contribution in [1.29, 1.82) is 0 Å². The van der Waals surface area contributed by atoms with Crippen LogP contribution in [-0.2, 0) is 11.2 Å². The van der Waals surface area contributed by atoms with Crippen LogP contribution >= 0.6 is 0 Å². The minimum absolute atomic E-state index is 0.0896. The number of benzene rings is 1. The molecule has 0 spiro atoms. The molecule has 0 saturated carbocycles. The van der Waals surface area contributed by atoms with Gasteiger partial charge in [0, 0.05) is 18.1 Å². The number of carbonyl (C=O) groups is 1. The van der Waals surface area contributed by atoms with E-state index in [1.54, 1.807) is 6.20 Å². The number of para-hydroxylation sites is 1. The normalized spacial score (nSPS) is 12.6. The second-order valence-corrected chi connectivity index (χ2v) is 5.30. The van der Waals surface area contributed by atoms with Crippen molar-refractivity contribution in [3.63, 3.8) is 0 Å². The number of fused-ring (bicyclic) bond motifs is 1. The van der Waals surface area contributed by atoms with Crippen LogP contribution in [0.25, 0.3) is 10.9 Å². The molecule has 0 fully saturated rings. The molecule has 3 N–H and O–H groups in total. The molecule has 0 aliphatic rings. The lowest BCUT2D eigenvalue weighted by molar-refractivity contribution is -0.123. The van der Waals surface area contributed by atoms with E-state index in [0.29, 0.717) is 6.54 Å². The summed E-state index contributed by atoms with van der Waals surface area (Å²) in [5.41, 5.74) is 7.94. The van der Waals surface area contributed by atoms with Crippen molar-refractivity contribution < 1.29 is 4.79 Å². The summed E-state index contributed by atoms with van der Waals surface area (Å²) in [6, 6.07) is 9.62. The monoisotopic (exact) mass is 271 g/mol. The molecule has 0 radical (unpaired) electrons. The number of nitrogens with two attached hydrogens (primary N) is 1. The number of carbonyl (C=O) groups excluding carboxylic acids is 1. The summed E-state index contributed by atoms with van der Waals surface area (Å²) in [6.07, 6.45) is 2.55. The topological polar surface area (TPSA) is 68.0 Å². The van der Waals surface area contributed by atoms with Gasteiger partial charge in [-0.15, -0.1) is 0 Å². The van der Waals surface area contributed by atoms with Gasteiger partial charge in [-0.25, -0.2) is 0 Å². The van der Waals surface area contributed by atoms with Gasteiger partial charge in [0.05, 0.1) is 11.6 Å². The maximum Gasteiger partial charge on any atom is 0.237 e. The van der Waals surface area contributed by atoms with Crippen LogP contribution in [-0.4, -0.2) is 23.5 Å². The molecule has 1 aromatic carbocycles. The first-order chi connectivity index (χ1) is 9.59. The van der Waals surface area contributed by atoms with Crippen LogP contribution in [0.2, 0.25) is 0 Å². The van der Waals surface area contributed by atoms with Gasteiger partial charge in [-0.1, -0.05) is 38.1 Å². The maximum atomic E-state index is 11.8. The van der Waals surface area contributed by atoms with Crippen molar-refractivity contribution in [3.8, 4) is 0 Å². The summed E-state index contributed by atoms with van der Waals surface area (Å²) in [4.78, 5) is 16.2. The van der Waals surface area contributed by atoms with Gasteiger partial charge in [-0.05, 0) is 24.0 Å². The molecule has 0 aliphatic heterocycles. The Kier molecular flexibility index (Phi) is 4.69. The van der Waals surface area contributed by atoms with Gasteiger partial charge < -0.3 is 11.1 Å². The molecule has 20 heavy (non-hydrogen) atoms. The number of aromatic nitrogens is 1. The van der Waals surface area contributed by atoms with Crippen LogP contribution < -0.4 is 11.1 Å². The van der Waals surface area contributed by atoms with Crippen molar-refractivity contribution in [2.24, 2.45) is 11.7 Å². The summed E-state index contributed by atoms with van der Waals surface area (Å²) in [5.74, 6) is 0.0578. The Balaban J connectivity index is 1.98. The van der Waals surface area contributed by atoms with Crippen molar-refractivity contribution in [1.82, 2.24) is 10.3 Å². The molecule has 0 bridgehead atoms. The minimum atomic E-state index is -0.444. The number of rotatable bonds is 5. The Labute approximate surface area is 119 Å². The fourth-order valence-electron chi connectivity index (χ4n) is 2.11. The quantitative estimate of drug-likeness (QED) is 0.872. The molecule has 1 unspecified atom stereocenters. The van der Waals surface area contributed by atoms with Crippen LogP contribution in [0.3, 0.4) is 0 Å². The van der Waals surface area contributed by atoms with Crippen LogP contribution in [0.5, 0.6) is 0 Å². The minimum Gasteiger partial charge on any atom is -0.354 e. The first-order valence-electron chi connectivity index (χ1n) is 6.95. The SMILES string of the molecule is CC(C)C(N)C(=O)NCCc1cccc2cccnc12. The second kappa shape index (κ2) is 6.48. The Morgan fingerprint density at radius 1 is 1.30 bits per heavy atom. The van der Waals surface area contributed by atoms with Crippen molar-refractivity contribution in [2.45, 2.75) is 26.3 Å². The molecule has 2 aromatic rings. The van der Waals surface area contributed by atoms with Gasteiger partial charge in [-0.2, -0.15) is 0 Å². The van der Waals surface area contributed by atoms with Gasteiger partial charge >= 0.3 is 0 Å². The van der Waals surface area contributed by atoms with E-state index in [1.807, 2.05) is 44.2 Å².